The Hall–Kier alpha value is -1.65. The van der Waals surface area contributed by atoms with Crippen LogP contribution in [0.25, 0.3) is 0 Å². The first-order valence-electron chi connectivity index (χ1n) is 10.2. The minimum absolute atomic E-state index is 0.103. The Morgan fingerprint density at radius 2 is 1.89 bits per heavy atom. The number of unbranched alkanes of at least 4 members (excludes halogenated alkanes) is 3. The first kappa shape index (κ1) is 22.6. The maximum Gasteiger partial charge on any atom is 0.120 e. The molecule has 0 aliphatic heterocycles. The van der Waals surface area contributed by atoms with Gasteiger partial charge in [-0.15, -0.1) is 0 Å². The highest BCUT2D eigenvalue weighted by molar-refractivity contribution is 9.10. The molecule has 2 atom stereocenters. The molecule has 152 valence electrons. The van der Waals surface area contributed by atoms with Crippen molar-refractivity contribution in [3.05, 3.63) is 64.1 Å². The molecule has 0 spiro atoms. The second kappa shape index (κ2) is 11.4. The maximum absolute atomic E-state index is 11.2. The highest BCUT2D eigenvalue weighted by atomic mass is 79.9. The summed E-state index contributed by atoms with van der Waals surface area (Å²) in [5, 5.41) is 14.4. The van der Waals surface area contributed by atoms with Gasteiger partial charge in [0.05, 0.1) is 0 Å². The van der Waals surface area contributed by atoms with Crippen molar-refractivity contribution in [3.8, 4) is 5.75 Å². The van der Waals surface area contributed by atoms with Gasteiger partial charge >= 0.3 is 0 Å². The molecule has 4 heteroatoms. The highest BCUT2D eigenvalue weighted by Crippen LogP contribution is 2.44. The Kier molecular flexibility index (Phi) is 9.20. The van der Waals surface area contributed by atoms with Gasteiger partial charge in [0.15, 0.2) is 0 Å². The quantitative estimate of drug-likeness (QED) is 0.297. The normalized spacial score (nSPS) is 14.4. The minimum atomic E-state index is -0.328. The fourth-order valence-corrected chi connectivity index (χ4v) is 4.24. The number of phenolic OH excluding ortho intramolecular Hbond substituents is 1. The van der Waals surface area contributed by atoms with Gasteiger partial charge in [0.2, 0.25) is 0 Å². The number of carbonyl (C=O) groups is 1. The van der Waals surface area contributed by atoms with E-state index in [-0.39, 0.29) is 17.2 Å². The molecule has 2 aromatic carbocycles. The van der Waals surface area contributed by atoms with E-state index in [4.69, 9.17) is 0 Å². The van der Waals surface area contributed by atoms with E-state index in [1.54, 1.807) is 6.07 Å². The molecule has 0 heterocycles. The molecule has 28 heavy (non-hydrogen) atoms. The van der Waals surface area contributed by atoms with Gasteiger partial charge < -0.3 is 15.2 Å². The molecular weight excluding hydrogens is 414 g/mol. The summed E-state index contributed by atoms with van der Waals surface area (Å²) >= 11 is 3.55. The summed E-state index contributed by atoms with van der Waals surface area (Å²) in [4.78, 5) is 11.2. The zero-order valence-corrected chi connectivity index (χ0v) is 18.5. The standard InChI is InChI=1S/C24H32BrNO2/c1-3-4-5-9-16-26-23(21-18-20(25)13-14-22(21)28)24(2,15-10-17-27)19-11-7-6-8-12-19/h6-8,11-14,17-18,23,26,28H,3-5,9-10,15-16H2,1-2H3. The number of rotatable bonds is 12. The number of phenols is 1. The van der Waals surface area contributed by atoms with Crippen LogP contribution in [0.5, 0.6) is 5.75 Å². The molecular formula is C24H32BrNO2. The van der Waals surface area contributed by atoms with Crippen molar-refractivity contribution in [2.45, 2.75) is 63.8 Å². The molecule has 0 aliphatic rings. The predicted octanol–water partition coefficient (Wildman–Crippen LogP) is 6.30. The SMILES string of the molecule is CCCCCCNC(c1cc(Br)ccc1O)C(C)(CCC=O)c1ccccc1. The van der Waals surface area contributed by atoms with Crippen LogP contribution >= 0.6 is 15.9 Å². The van der Waals surface area contributed by atoms with Crippen LogP contribution < -0.4 is 5.32 Å². The third-order valence-corrected chi connectivity index (χ3v) is 6.02. The molecule has 0 saturated heterocycles. The Labute approximate surface area is 177 Å². The van der Waals surface area contributed by atoms with Crippen LogP contribution in [-0.2, 0) is 10.2 Å². The molecule has 0 fully saturated rings. The third-order valence-electron chi connectivity index (χ3n) is 5.53. The molecule has 0 amide bonds. The van der Waals surface area contributed by atoms with E-state index in [0.717, 1.165) is 29.3 Å². The van der Waals surface area contributed by atoms with E-state index in [1.807, 2.05) is 30.3 Å². The van der Waals surface area contributed by atoms with Crippen LogP contribution in [0.1, 0.15) is 69.5 Å². The second-order valence-electron chi connectivity index (χ2n) is 7.64. The van der Waals surface area contributed by atoms with E-state index >= 15 is 0 Å². The fraction of sp³-hybridized carbons (Fsp3) is 0.458. The van der Waals surface area contributed by atoms with Crippen LogP contribution in [0.3, 0.4) is 0 Å². The van der Waals surface area contributed by atoms with E-state index in [1.165, 1.54) is 24.8 Å². The molecule has 3 nitrogen and oxygen atoms in total. The summed E-state index contributed by atoms with van der Waals surface area (Å²) in [6.45, 7) is 5.28. The van der Waals surface area contributed by atoms with Gasteiger partial charge in [0, 0.05) is 27.9 Å². The topological polar surface area (TPSA) is 49.3 Å². The Morgan fingerprint density at radius 1 is 1.14 bits per heavy atom. The van der Waals surface area contributed by atoms with Crippen molar-refractivity contribution in [1.29, 1.82) is 0 Å². The summed E-state index contributed by atoms with van der Waals surface area (Å²) in [6, 6.07) is 15.8. The molecule has 0 bridgehead atoms. The number of aromatic hydroxyl groups is 1. The molecule has 0 aliphatic carbocycles. The highest BCUT2D eigenvalue weighted by Gasteiger charge is 2.37. The Balaban J connectivity index is 2.43. The Morgan fingerprint density at radius 3 is 2.57 bits per heavy atom. The third kappa shape index (κ3) is 5.92. The summed E-state index contributed by atoms with van der Waals surface area (Å²) in [5.74, 6) is 0.280. The molecule has 2 rings (SSSR count). The first-order chi connectivity index (χ1) is 13.5. The summed E-state index contributed by atoms with van der Waals surface area (Å²) in [6.07, 6.45) is 6.90. The molecule has 2 aromatic rings. The van der Waals surface area contributed by atoms with Crippen LogP contribution in [0, 0.1) is 0 Å². The van der Waals surface area contributed by atoms with Crippen molar-refractivity contribution in [1.82, 2.24) is 5.32 Å². The molecule has 0 radical (unpaired) electrons. The number of nitrogens with one attached hydrogen (secondary N) is 1. The number of carbonyl (C=O) groups excluding carboxylic acids is 1. The monoisotopic (exact) mass is 445 g/mol. The number of hydrogen-bond donors (Lipinski definition) is 2. The maximum atomic E-state index is 11.2. The van der Waals surface area contributed by atoms with E-state index in [9.17, 15) is 9.90 Å². The van der Waals surface area contributed by atoms with Crippen LogP contribution in [-0.4, -0.2) is 17.9 Å². The lowest BCUT2D eigenvalue weighted by molar-refractivity contribution is -0.108. The molecule has 0 aromatic heterocycles. The molecule has 2 N–H and O–H groups in total. The number of halogens is 1. The van der Waals surface area contributed by atoms with Gasteiger partial charge in [-0.1, -0.05) is 79.4 Å². The molecule has 2 unspecified atom stereocenters. The summed E-state index contributed by atoms with van der Waals surface area (Å²) in [5.41, 5.74) is 1.70. The number of aldehydes is 1. The zero-order chi connectivity index (χ0) is 20.4. The average Bonchev–Trinajstić information content (AvgIpc) is 2.71. The first-order valence-corrected chi connectivity index (χ1v) is 11.0. The van der Waals surface area contributed by atoms with Gasteiger partial charge in [-0.3, -0.25) is 0 Å². The van der Waals surface area contributed by atoms with Crippen LogP contribution in [0.2, 0.25) is 0 Å². The zero-order valence-electron chi connectivity index (χ0n) is 17.0. The van der Waals surface area contributed by atoms with E-state index in [0.29, 0.717) is 12.8 Å². The molecule has 0 saturated carbocycles. The number of benzene rings is 2. The fourth-order valence-electron chi connectivity index (χ4n) is 3.87. The van der Waals surface area contributed by atoms with Crippen molar-refractivity contribution < 1.29 is 9.90 Å². The predicted molar refractivity (Wildman–Crippen MR) is 120 cm³/mol. The lowest BCUT2D eigenvalue weighted by Gasteiger charge is -2.39. The van der Waals surface area contributed by atoms with Crippen LogP contribution in [0.4, 0.5) is 0 Å². The smallest absolute Gasteiger partial charge is 0.120 e. The van der Waals surface area contributed by atoms with Gasteiger partial charge in [-0.05, 0) is 43.1 Å². The largest absolute Gasteiger partial charge is 0.508 e. The van der Waals surface area contributed by atoms with Gasteiger partial charge in [-0.25, -0.2) is 0 Å². The summed E-state index contributed by atoms with van der Waals surface area (Å²) < 4.78 is 0.934. The summed E-state index contributed by atoms with van der Waals surface area (Å²) in [7, 11) is 0. The van der Waals surface area contributed by atoms with Gasteiger partial charge in [-0.2, -0.15) is 0 Å². The van der Waals surface area contributed by atoms with Crippen molar-refractivity contribution >= 4 is 22.2 Å². The van der Waals surface area contributed by atoms with Crippen LogP contribution in [0.15, 0.2) is 53.0 Å². The van der Waals surface area contributed by atoms with E-state index in [2.05, 4.69) is 47.2 Å². The number of hydrogen-bond acceptors (Lipinski definition) is 3. The van der Waals surface area contributed by atoms with Gasteiger partial charge in [0.1, 0.15) is 12.0 Å². The average molecular weight is 446 g/mol. The van der Waals surface area contributed by atoms with Crippen molar-refractivity contribution in [3.63, 3.8) is 0 Å². The minimum Gasteiger partial charge on any atom is -0.508 e. The van der Waals surface area contributed by atoms with Gasteiger partial charge in [0.25, 0.3) is 0 Å². The lowest BCUT2D eigenvalue weighted by atomic mass is 9.70. The van der Waals surface area contributed by atoms with E-state index < -0.39 is 0 Å². The lowest BCUT2D eigenvalue weighted by Crippen LogP contribution is -2.40. The Bertz CT molecular complexity index is 735. The van der Waals surface area contributed by atoms with Crippen molar-refractivity contribution in [2.24, 2.45) is 0 Å². The van der Waals surface area contributed by atoms with Crippen molar-refractivity contribution in [2.75, 3.05) is 6.54 Å². The second-order valence-corrected chi connectivity index (χ2v) is 8.56.